The topological polar surface area (TPSA) is 69.8 Å². The van der Waals surface area contributed by atoms with Crippen LogP contribution in [0.4, 0.5) is 4.39 Å². The normalized spacial score (nSPS) is 16.8. The minimum absolute atomic E-state index is 0.125. The maximum absolute atomic E-state index is 13.8. The molecule has 0 radical (unpaired) electrons. The summed E-state index contributed by atoms with van der Waals surface area (Å²) in [6, 6.07) is 7.84. The molecular weight excluding hydrogens is 325 g/mol. The molecule has 2 aromatic rings. The molecule has 0 bridgehead atoms. The molecule has 6 nitrogen and oxygen atoms in total. The van der Waals surface area contributed by atoms with E-state index in [1.807, 2.05) is 6.92 Å². The number of hydrogen-bond donors (Lipinski definition) is 1. The fourth-order valence-electron chi connectivity index (χ4n) is 3.12. The van der Waals surface area contributed by atoms with Crippen molar-refractivity contribution < 1.29 is 18.8 Å². The number of halogens is 1. The Labute approximate surface area is 145 Å². The van der Waals surface area contributed by atoms with E-state index in [4.69, 9.17) is 4.52 Å². The highest BCUT2D eigenvalue weighted by Crippen LogP contribution is 2.24. The molecule has 3 rings (SSSR count). The molecule has 1 amide bonds. The summed E-state index contributed by atoms with van der Waals surface area (Å²) in [5.41, 5.74) is 0.466. The van der Waals surface area contributed by atoms with Crippen LogP contribution in [0.25, 0.3) is 11.3 Å². The number of piperazine rings is 1. The summed E-state index contributed by atoms with van der Waals surface area (Å²) < 4.78 is 19.0. The first-order valence-corrected chi connectivity index (χ1v) is 8.49. The van der Waals surface area contributed by atoms with Gasteiger partial charge in [0.15, 0.2) is 11.5 Å². The summed E-state index contributed by atoms with van der Waals surface area (Å²) >= 11 is 0. The number of nitrogens with zero attached hydrogens (tertiary/aromatic N) is 3. The lowest BCUT2D eigenvalue weighted by Crippen LogP contribution is -2.52. The molecule has 1 aliphatic heterocycles. The Balaban J connectivity index is 1.66. The molecule has 1 aromatic heterocycles. The smallest absolute Gasteiger partial charge is 0.276 e. The number of aromatic nitrogens is 1. The predicted molar refractivity (Wildman–Crippen MR) is 90.5 cm³/mol. The minimum Gasteiger partial charge on any atom is -0.395 e. The third-order valence-electron chi connectivity index (χ3n) is 4.67. The number of rotatable bonds is 5. The van der Waals surface area contributed by atoms with E-state index in [1.54, 1.807) is 23.1 Å². The van der Waals surface area contributed by atoms with Gasteiger partial charge in [-0.25, -0.2) is 4.39 Å². The molecule has 134 valence electrons. The molecule has 0 aliphatic carbocycles. The average molecular weight is 347 g/mol. The van der Waals surface area contributed by atoms with Crippen molar-refractivity contribution in [3.63, 3.8) is 0 Å². The maximum Gasteiger partial charge on any atom is 0.276 e. The van der Waals surface area contributed by atoms with Gasteiger partial charge in [0.2, 0.25) is 0 Å². The van der Waals surface area contributed by atoms with Crippen molar-refractivity contribution >= 4 is 5.91 Å². The summed E-state index contributed by atoms with van der Waals surface area (Å²) in [5, 5.41) is 13.2. The van der Waals surface area contributed by atoms with Gasteiger partial charge in [0.05, 0.1) is 12.2 Å². The van der Waals surface area contributed by atoms with Gasteiger partial charge in [-0.2, -0.15) is 0 Å². The van der Waals surface area contributed by atoms with E-state index in [0.717, 1.165) is 6.42 Å². The van der Waals surface area contributed by atoms with Gasteiger partial charge in [0.1, 0.15) is 5.82 Å². The van der Waals surface area contributed by atoms with Crippen LogP contribution in [0.15, 0.2) is 34.9 Å². The minimum atomic E-state index is -0.416. The number of carbonyl (C=O) groups is 1. The second-order valence-electron chi connectivity index (χ2n) is 6.13. The van der Waals surface area contributed by atoms with Crippen molar-refractivity contribution in [2.24, 2.45) is 0 Å². The number of hydrogen-bond acceptors (Lipinski definition) is 5. The molecule has 7 heteroatoms. The second kappa shape index (κ2) is 7.76. The van der Waals surface area contributed by atoms with Crippen LogP contribution in [0.1, 0.15) is 23.8 Å². The van der Waals surface area contributed by atoms with Crippen LogP contribution >= 0.6 is 0 Å². The van der Waals surface area contributed by atoms with Gasteiger partial charge in [-0.3, -0.25) is 9.69 Å². The first kappa shape index (κ1) is 17.6. The van der Waals surface area contributed by atoms with E-state index in [0.29, 0.717) is 26.2 Å². The van der Waals surface area contributed by atoms with Gasteiger partial charge in [0, 0.05) is 38.3 Å². The first-order chi connectivity index (χ1) is 12.1. The molecule has 1 aromatic carbocycles. The van der Waals surface area contributed by atoms with Crippen LogP contribution in [-0.2, 0) is 0 Å². The fourth-order valence-corrected chi connectivity index (χ4v) is 3.12. The van der Waals surface area contributed by atoms with E-state index in [1.165, 1.54) is 12.1 Å². The van der Waals surface area contributed by atoms with Crippen LogP contribution in [0.5, 0.6) is 0 Å². The highest BCUT2D eigenvalue weighted by molar-refractivity contribution is 5.93. The van der Waals surface area contributed by atoms with Crippen molar-refractivity contribution in [2.45, 2.75) is 19.4 Å². The zero-order valence-electron chi connectivity index (χ0n) is 14.2. The van der Waals surface area contributed by atoms with E-state index in [-0.39, 0.29) is 35.6 Å². The molecule has 0 spiro atoms. The Morgan fingerprint density at radius 2 is 2.04 bits per heavy atom. The number of amides is 1. The van der Waals surface area contributed by atoms with Crippen LogP contribution < -0.4 is 0 Å². The summed E-state index contributed by atoms with van der Waals surface area (Å²) in [6.07, 6.45) is 0.875. The standard InChI is InChI=1S/C18H22FN3O3/c1-2-13(12-23)21-7-9-22(10-8-21)18(24)16-11-17(25-20-16)14-5-3-4-6-15(14)19/h3-6,11,13,23H,2,7-10,12H2,1H3. The number of carbonyl (C=O) groups excluding carboxylic acids is 1. The van der Waals surface area contributed by atoms with Gasteiger partial charge in [-0.15, -0.1) is 0 Å². The third-order valence-corrected chi connectivity index (χ3v) is 4.67. The van der Waals surface area contributed by atoms with Crippen molar-refractivity contribution in [3.05, 3.63) is 41.8 Å². The molecule has 1 aliphatic rings. The third kappa shape index (κ3) is 3.72. The largest absolute Gasteiger partial charge is 0.395 e. The van der Waals surface area contributed by atoms with Gasteiger partial charge in [-0.1, -0.05) is 24.2 Å². The molecular formula is C18H22FN3O3. The summed E-state index contributed by atoms with van der Waals surface area (Å²) in [4.78, 5) is 16.5. The molecule has 1 saturated heterocycles. The van der Waals surface area contributed by atoms with Crippen LogP contribution in [-0.4, -0.2) is 64.8 Å². The molecule has 2 heterocycles. The Kier molecular flexibility index (Phi) is 5.45. The predicted octanol–water partition coefficient (Wildman–Crippen LogP) is 2.01. The van der Waals surface area contributed by atoms with Gasteiger partial charge in [0.25, 0.3) is 5.91 Å². The zero-order valence-corrected chi connectivity index (χ0v) is 14.2. The number of benzene rings is 1. The summed E-state index contributed by atoms with van der Waals surface area (Å²) in [5.74, 6) is -0.393. The van der Waals surface area contributed by atoms with Gasteiger partial charge in [-0.05, 0) is 18.6 Å². The summed E-state index contributed by atoms with van der Waals surface area (Å²) in [7, 11) is 0. The molecule has 1 fully saturated rings. The molecule has 0 saturated carbocycles. The Morgan fingerprint density at radius 3 is 2.68 bits per heavy atom. The second-order valence-corrected chi connectivity index (χ2v) is 6.13. The molecule has 1 atom stereocenters. The maximum atomic E-state index is 13.8. The molecule has 1 unspecified atom stereocenters. The number of aliphatic hydroxyl groups excluding tert-OH is 1. The highest BCUT2D eigenvalue weighted by atomic mass is 19.1. The monoisotopic (exact) mass is 347 g/mol. The van der Waals surface area contributed by atoms with E-state index in [9.17, 15) is 14.3 Å². The Morgan fingerprint density at radius 1 is 1.32 bits per heavy atom. The Hall–Kier alpha value is -2.25. The first-order valence-electron chi connectivity index (χ1n) is 8.49. The molecule has 1 N–H and O–H groups in total. The highest BCUT2D eigenvalue weighted by Gasteiger charge is 2.27. The van der Waals surface area contributed by atoms with Gasteiger partial charge < -0.3 is 14.5 Å². The van der Waals surface area contributed by atoms with Crippen molar-refractivity contribution in [3.8, 4) is 11.3 Å². The van der Waals surface area contributed by atoms with E-state index >= 15 is 0 Å². The van der Waals surface area contributed by atoms with Crippen molar-refractivity contribution in [1.82, 2.24) is 15.0 Å². The summed E-state index contributed by atoms with van der Waals surface area (Å²) in [6.45, 7) is 4.72. The van der Waals surface area contributed by atoms with E-state index < -0.39 is 5.82 Å². The van der Waals surface area contributed by atoms with Crippen LogP contribution in [0.3, 0.4) is 0 Å². The fraction of sp³-hybridized carbons (Fsp3) is 0.444. The SMILES string of the molecule is CCC(CO)N1CCN(C(=O)c2cc(-c3ccccc3F)on2)CC1. The van der Waals surface area contributed by atoms with Gasteiger partial charge >= 0.3 is 0 Å². The average Bonchev–Trinajstić information content (AvgIpc) is 3.13. The Bertz CT molecular complexity index is 722. The van der Waals surface area contributed by atoms with Crippen LogP contribution in [0.2, 0.25) is 0 Å². The van der Waals surface area contributed by atoms with Crippen molar-refractivity contribution in [1.29, 1.82) is 0 Å². The van der Waals surface area contributed by atoms with E-state index in [2.05, 4.69) is 10.1 Å². The lowest BCUT2D eigenvalue weighted by atomic mass is 10.1. The zero-order chi connectivity index (χ0) is 17.8. The molecule has 25 heavy (non-hydrogen) atoms. The lowest BCUT2D eigenvalue weighted by molar-refractivity contribution is 0.0465. The lowest BCUT2D eigenvalue weighted by Gasteiger charge is -2.38. The van der Waals surface area contributed by atoms with Crippen LogP contribution in [0, 0.1) is 5.82 Å². The quantitative estimate of drug-likeness (QED) is 0.896. The van der Waals surface area contributed by atoms with Crippen molar-refractivity contribution in [2.75, 3.05) is 32.8 Å². The number of aliphatic hydroxyl groups is 1.